The lowest BCUT2D eigenvalue weighted by molar-refractivity contribution is -0.153. The molecular formula is C18H18ClNO3. The molecule has 0 heterocycles. The van der Waals surface area contributed by atoms with Crippen molar-refractivity contribution < 1.29 is 14.4 Å². The lowest BCUT2D eigenvalue weighted by Crippen LogP contribution is -2.30. The molecule has 5 heteroatoms. The van der Waals surface area contributed by atoms with Crippen LogP contribution in [0.4, 0.5) is 0 Å². The van der Waals surface area contributed by atoms with Gasteiger partial charge in [-0.05, 0) is 29.7 Å². The highest BCUT2D eigenvalue weighted by atomic mass is 35.5. The number of hydrogen-bond donors (Lipinski definition) is 1. The predicted octanol–water partition coefficient (Wildman–Crippen LogP) is 3.49. The minimum Gasteiger partial charge on any atom is -0.340 e. The Morgan fingerprint density at radius 1 is 1.09 bits per heavy atom. The zero-order chi connectivity index (χ0) is 16.7. The zero-order valence-electron chi connectivity index (χ0n) is 12.8. The number of halogens is 1. The third-order valence-corrected chi connectivity index (χ3v) is 3.68. The molecule has 120 valence electrons. The predicted molar refractivity (Wildman–Crippen MR) is 88.9 cm³/mol. The first-order chi connectivity index (χ1) is 11.1. The maximum absolute atomic E-state index is 12.0. The molecule has 0 fully saturated rings. The van der Waals surface area contributed by atoms with Crippen LogP contribution < -0.4 is 5.48 Å². The summed E-state index contributed by atoms with van der Waals surface area (Å²) < 4.78 is 0. The number of rotatable bonds is 5. The fourth-order valence-electron chi connectivity index (χ4n) is 2.10. The molecule has 1 N–H and O–H groups in total. The summed E-state index contributed by atoms with van der Waals surface area (Å²) in [5.41, 5.74) is 4.44. The second kappa shape index (κ2) is 8.34. The minimum absolute atomic E-state index is 0.315. The van der Waals surface area contributed by atoms with Crippen LogP contribution in [0.25, 0.3) is 0 Å². The molecule has 0 aliphatic carbocycles. The fourth-order valence-corrected chi connectivity index (χ4v) is 2.27. The van der Waals surface area contributed by atoms with E-state index in [2.05, 4.69) is 5.48 Å². The van der Waals surface area contributed by atoms with Gasteiger partial charge in [-0.3, -0.25) is 4.79 Å². The van der Waals surface area contributed by atoms with E-state index in [0.29, 0.717) is 17.9 Å². The molecule has 0 radical (unpaired) electrons. The number of carbonyl (C=O) groups excluding carboxylic acids is 2. The zero-order valence-corrected chi connectivity index (χ0v) is 13.5. The molecule has 1 atom stereocenters. The van der Waals surface area contributed by atoms with Gasteiger partial charge in [0.05, 0.1) is 5.92 Å². The second-order valence-corrected chi connectivity index (χ2v) is 5.54. The monoisotopic (exact) mass is 331 g/mol. The SMILES string of the molecule is CC(Cc1ccccc1)C(=O)ONC(=O)c1cccc(CCl)c1. The van der Waals surface area contributed by atoms with Gasteiger partial charge in [0.25, 0.3) is 5.91 Å². The summed E-state index contributed by atoms with van der Waals surface area (Å²) in [7, 11) is 0. The number of alkyl halides is 1. The molecule has 1 unspecified atom stereocenters. The quantitative estimate of drug-likeness (QED) is 0.674. The van der Waals surface area contributed by atoms with Crippen molar-refractivity contribution >= 4 is 23.5 Å². The normalized spacial score (nSPS) is 11.6. The van der Waals surface area contributed by atoms with E-state index in [-0.39, 0.29) is 5.92 Å². The second-order valence-electron chi connectivity index (χ2n) is 5.28. The van der Waals surface area contributed by atoms with E-state index >= 15 is 0 Å². The molecule has 2 aromatic carbocycles. The lowest BCUT2D eigenvalue weighted by Gasteiger charge is -2.11. The molecule has 2 aromatic rings. The number of hydrogen-bond acceptors (Lipinski definition) is 3. The topological polar surface area (TPSA) is 55.4 Å². The van der Waals surface area contributed by atoms with Crippen LogP contribution in [0.2, 0.25) is 0 Å². The summed E-state index contributed by atoms with van der Waals surface area (Å²) >= 11 is 5.73. The van der Waals surface area contributed by atoms with Crippen LogP contribution in [0, 0.1) is 5.92 Å². The van der Waals surface area contributed by atoms with E-state index in [4.69, 9.17) is 16.4 Å². The van der Waals surface area contributed by atoms with Crippen LogP contribution in [0.15, 0.2) is 54.6 Å². The molecule has 0 aliphatic rings. The molecule has 1 amide bonds. The van der Waals surface area contributed by atoms with Crippen LogP contribution in [0.3, 0.4) is 0 Å². The van der Waals surface area contributed by atoms with Gasteiger partial charge in [-0.1, -0.05) is 49.4 Å². The lowest BCUT2D eigenvalue weighted by atomic mass is 10.0. The summed E-state index contributed by atoms with van der Waals surface area (Å²) in [6.07, 6.45) is 0.553. The Balaban J connectivity index is 1.86. The Hall–Kier alpha value is -2.33. The first-order valence-corrected chi connectivity index (χ1v) is 7.83. The van der Waals surface area contributed by atoms with Crippen LogP contribution in [-0.2, 0) is 21.9 Å². The number of amides is 1. The number of nitrogens with one attached hydrogen (secondary N) is 1. The van der Waals surface area contributed by atoms with E-state index in [0.717, 1.165) is 11.1 Å². The first-order valence-electron chi connectivity index (χ1n) is 7.30. The van der Waals surface area contributed by atoms with Crippen LogP contribution in [0.1, 0.15) is 28.4 Å². The Morgan fingerprint density at radius 3 is 2.48 bits per heavy atom. The van der Waals surface area contributed by atoms with Gasteiger partial charge in [0.2, 0.25) is 0 Å². The standard InChI is InChI=1S/C18H18ClNO3/c1-13(10-14-6-3-2-4-7-14)18(22)23-20-17(21)16-9-5-8-15(11-16)12-19/h2-9,11,13H,10,12H2,1H3,(H,20,21). The minimum atomic E-state index is -0.476. The summed E-state index contributed by atoms with van der Waals surface area (Å²) in [5.74, 6) is -0.991. The highest BCUT2D eigenvalue weighted by Crippen LogP contribution is 2.10. The van der Waals surface area contributed by atoms with Crippen LogP contribution >= 0.6 is 11.6 Å². The summed E-state index contributed by atoms with van der Waals surface area (Å²) in [4.78, 5) is 28.8. The average Bonchev–Trinajstić information content (AvgIpc) is 2.60. The molecule has 4 nitrogen and oxygen atoms in total. The molecule has 0 saturated carbocycles. The average molecular weight is 332 g/mol. The van der Waals surface area contributed by atoms with Crippen molar-refractivity contribution in [3.8, 4) is 0 Å². The first kappa shape index (κ1) is 17.0. The van der Waals surface area contributed by atoms with Crippen molar-refractivity contribution in [2.45, 2.75) is 19.2 Å². The van der Waals surface area contributed by atoms with Gasteiger partial charge < -0.3 is 4.84 Å². The molecule has 0 aromatic heterocycles. The van der Waals surface area contributed by atoms with Crippen molar-refractivity contribution in [3.63, 3.8) is 0 Å². The van der Waals surface area contributed by atoms with Crippen molar-refractivity contribution in [2.75, 3.05) is 0 Å². The van der Waals surface area contributed by atoms with Crippen LogP contribution in [0.5, 0.6) is 0 Å². The van der Waals surface area contributed by atoms with Gasteiger partial charge in [0.15, 0.2) is 0 Å². The van der Waals surface area contributed by atoms with E-state index < -0.39 is 11.9 Å². The molecule has 0 bridgehead atoms. The van der Waals surface area contributed by atoms with Crippen molar-refractivity contribution in [2.24, 2.45) is 5.92 Å². The van der Waals surface area contributed by atoms with Gasteiger partial charge in [-0.2, -0.15) is 5.48 Å². The van der Waals surface area contributed by atoms with Crippen LogP contribution in [-0.4, -0.2) is 11.9 Å². The molecule has 0 aliphatic heterocycles. The third kappa shape index (κ3) is 5.11. The number of hydroxylamine groups is 1. The van der Waals surface area contributed by atoms with Gasteiger partial charge >= 0.3 is 5.97 Å². The molecular weight excluding hydrogens is 314 g/mol. The third-order valence-electron chi connectivity index (χ3n) is 3.37. The van der Waals surface area contributed by atoms with Gasteiger partial charge in [0, 0.05) is 11.4 Å². The smallest absolute Gasteiger partial charge is 0.335 e. The maximum Gasteiger partial charge on any atom is 0.335 e. The van der Waals surface area contributed by atoms with Crippen molar-refractivity contribution in [3.05, 3.63) is 71.3 Å². The molecule has 0 saturated heterocycles. The fraction of sp³-hybridized carbons (Fsp3) is 0.222. The summed E-state index contributed by atoms with van der Waals surface area (Å²) in [6.45, 7) is 1.76. The Bertz CT molecular complexity index is 673. The summed E-state index contributed by atoms with van der Waals surface area (Å²) in [5, 5.41) is 0. The highest BCUT2D eigenvalue weighted by molar-refractivity contribution is 6.17. The van der Waals surface area contributed by atoms with Crippen molar-refractivity contribution in [1.29, 1.82) is 0 Å². The Labute approximate surface area is 140 Å². The maximum atomic E-state index is 12.0. The van der Waals surface area contributed by atoms with Gasteiger partial charge in [0.1, 0.15) is 0 Å². The highest BCUT2D eigenvalue weighted by Gasteiger charge is 2.17. The Kier molecular flexibility index (Phi) is 6.18. The van der Waals surface area contributed by atoms with Gasteiger partial charge in [-0.25, -0.2) is 4.79 Å². The van der Waals surface area contributed by atoms with E-state index in [9.17, 15) is 9.59 Å². The molecule has 0 spiro atoms. The molecule has 23 heavy (non-hydrogen) atoms. The van der Waals surface area contributed by atoms with Crippen molar-refractivity contribution in [1.82, 2.24) is 5.48 Å². The molecule has 2 rings (SSSR count). The van der Waals surface area contributed by atoms with E-state index in [1.807, 2.05) is 36.4 Å². The number of benzene rings is 2. The summed E-state index contributed by atoms with van der Waals surface area (Å²) in [6, 6.07) is 16.5. The number of carbonyl (C=O) groups is 2. The largest absolute Gasteiger partial charge is 0.340 e. The van der Waals surface area contributed by atoms with Gasteiger partial charge in [-0.15, -0.1) is 11.6 Å². The van der Waals surface area contributed by atoms with E-state index in [1.54, 1.807) is 25.1 Å². The Morgan fingerprint density at radius 2 is 1.78 bits per heavy atom. The van der Waals surface area contributed by atoms with E-state index in [1.165, 1.54) is 0 Å².